The van der Waals surface area contributed by atoms with Gasteiger partial charge in [-0.2, -0.15) is 0 Å². The molecule has 126 valence electrons. The maximum absolute atomic E-state index is 14.4. The van der Waals surface area contributed by atoms with Gasteiger partial charge in [0.2, 0.25) is 0 Å². The van der Waals surface area contributed by atoms with Gasteiger partial charge in [-0.15, -0.1) is 0 Å². The van der Waals surface area contributed by atoms with Crippen molar-refractivity contribution in [3.63, 3.8) is 0 Å². The number of halogens is 1. The van der Waals surface area contributed by atoms with E-state index in [1.165, 1.54) is 6.07 Å². The lowest BCUT2D eigenvalue weighted by Gasteiger charge is -2.30. The predicted molar refractivity (Wildman–Crippen MR) is 97.6 cm³/mol. The van der Waals surface area contributed by atoms with Gasteiger partial charge in [-0.05, 0) is 56.5 Å². The van der Waals surface area contributed by atoms with E-state index in [1.807, 2.05) is 38.1 Å². The van der Waals surface area contributed by atoms with Crippen LogP contribution < -0.4 is 4.90 Å². The fourth-order valence-corrected chi connectivity index (χ4v) is 3.60. The monoisotopic (exact) mass is 334 g/mol. The number of hydrogen-bond donors (Lipinski definition) is 0. The van der Waals surface area contributed by atoms with E-state index in [-0.39, 0.29) is 11.7 Å². The van der Waals surface area contributed by atoms with Crippen molar-refractivity contribution in [3.8, 4) is 0 Å². The molecule has 0 radical (unpaired) electrons. The van der Waals surface area contributed by atoms with Gasteiger partial charge in [-0.1, -0.05) is 23.8 Å². The number of carbonyl (C=O) groups is 1. The number of amides is 1. The minimum absolute atomic E-state index is 0.160. The van der Waals surface area contributed by atoms with Crippen LogP contribution in [0.25, 0.3) is 10.9 Å². The Morgan fingerprint density at radius 2 is 2.00 bits per heavy atom. The summed E-state index contributed by atoms with van der Waals surface area (Å²) >= 11 is 0. The molecule has 1 aliphatic rings. The van der Waals surface area contributed by atoms with Gasteiger partial charge in [0.1, 0.15) is 5.82 Å². The number of fused-ring (bicyclic) bond motifs is 2. The third-order valence-electron chi connectivity index (χ3n) is 4.74. The highest BCUT2D eigenvalue weighted by molar-refractivity contribution is 6.14. The van der Waals surface area contributed by atoms with Crippen molar-refractivity contribution in [2.45, 2.75) is 26.7 Å². The van der Waals surface area contributed by atoms with Gasteiger partial charge >= 0.3 is 0 Å². The molecule has 4 rings (SSSR count). The second-order valence-corrected chi connectivity index (χ2v) is 6.64. The molecule has 4 heteroatoms. The highest BCUT2D eigenvalue weighted by Gasteiger charge is 2.27. The van der Waals surface area contributed by atoms with Gasteiger partial charge < -0.3 is 4.90 Å². The van der Waals surface area contributed by atoms with Crippen molar-refractivity contribution in [2.75, 3.05) is 11.4 Å². The van der Waals surface area contributed by atoms with E-state index in [2.05, 4.69) is 4.98 Å². The normalized spacial score (nSPS) is 13.8. The highest BCUT2D eigenvalue weighted by atomic mass is 19.1. The third-order valence-corrected chi connectivity index (χ3v) is 4.74. The van der Waals surface area contributed by atoms with Gasteiger partial charge in [0, 0.05) is 17.6 Å². The Labute approximate surface area is 146 Å². The molecule has 25 heavy (non-hydrogen) atoms. The van der Waals surface area contributed by atoms with E-state index in [4.69, 9.17) is 0 Å². The molecule has 0 unspecified atom stereocenters. The number of nitrogens with zero attached hydrogens (tertiary/aromatic N) is 2. The van der Waals surface area contributed by atoms with Crippen molar-refractivity contribution < 1.29 is 9.18 Å². The number of aromatic nitrogens is 1. The number of anilines is 1. The predicted octanol–water partition coefficient (Wildman–Crippen LogP) is 4.58. The Morgan fingerprint density at radius 3 is 2.84 bits per heavy atom. The van der Waals surface area contributed by atoms with Gasteiger partial charge in [-0.3, -0.25) is 9.78 Å². The summed E-state index contributed by atoms with van der Waals surface area (Å²) in [6.45, 7) is 4.39. The van der Waals surface area contributed by atoms with Crippen molar-refractivity contribution in [1.29, 1.82) is 0 Å². The average Bonchev–Trinajstić information content (AvgIpc) is 2.60. The summed E-state index contributed by atoms with van der Waals surface area (Å²) in [5.74, 6) is -0.496. The van der Waals surface area contributed by atoms with Crippen LogP contribution in [0.3, 0.4) is 0 Å². The summed E-state index contributed by atoms with van der Waals surface area (Å²) in [5.41, 5.74) is 4.55. The summed E-state index contributed by atoms with van der Waals surface area (Å²) in [4.78, 5) is 19.4. The minimum atomic E-state index is -0.336. The molecule has 0 N–H and O–H groups in total. The molecular formula is C21H19FN2O. The van der Waals surface area contributed by atoms with Crippen LogP contribution in [0.4, 0.5) is 10.1 Å². The summed E-state index contributed by atoms with van der Waals surface area (Å²) in [6, 6.07) is 12.7. The zero-order chi connectivity index (χ0) is 17.6. The molecule has 0 bridgehead atoms. The summed E-state index contributed by atoms with van der Waals surface area (Å²) in [5, 5.41) is 0.819. The Hall–Kier alpha value is -2.75. The molecular weight excluding hydrogens is 315 g/mol. The van der Waals surface area contributed by atoms with Crippen LogP contribution in [0, 0.1) is 19.7 Å². The SMILES string of the molecule is Cc1ccc2nc(C)cc(C(=O)N3CCCc4cccc(F)c43)c2c1. The number of carbonyl (C=O) groups excluding carboxylic acids is 1. The molecule has 0 atom stereocenters. The maximum atomic E-state index is 14.4. The molecule has 1 aromatic heterocycles. The van der Waals surface area contributed by atoms with E-state index in [0.717, 1.165) is 40.6 Å². The molecule has 0 aliphatic carbocycles. The van der Waals surface area contributed by atoms with Crippen LogP contribution >= 0.6 is 0 Å². The van der Waals surface area contributed by atoms with Gasteiger partial charge in [0.05, 0.1) is 16.8 Å². The zero-order valence-corrected chi connectivity index (χ0v) is 14.3. The smallest absolute Gasteiger partial charge is 0.259 e. The molecule has 0 saturated heterocycles. The second-order valence-electron chi connectivity index (χ2n) is 6.64. The lowest BCUT2D eigenvalue weighted by Crippen LogP contribution is -2.36. The number of rotatable bonds is 1. The van der Waals surface area contributed by atoms with Crippen LogP contribution in [0.1, 0.15) is 33.6 Å². The van der Waals surface area contributed by atoms with Gasteiger partial charge in [-0.25, -0.2) is 4.39 Å². The van der Waals surface area contributed by atoms with Gasteiger partial charge in [0.15, 0.2) is 0 Å². The Bertz CT molecular complexity index is 997. The van der Waals surface area contributed by atoms with Gasteiger partial charge in [0.25, 0.3) is 5.91 Å². The first-order valence-electron chi connectivity index (χ1n) is 8.52. The second kappa shape index (κ2) is 5.96. The van der Waals surface area contributed by atoms with Crippen LogP contribution in [0.15, 0.2) is 42.5 Å². The molecule has 2 heterocycles. The van der Waals surface area contributed by atoms with Crippen molar-refractivity contribution >= 4 is 22.5 Å². The lowest BCUT2D eigenvalue weighted by molar-refractivity contribution is 0.0985. The standard InChI is InChI=1S/C21H19FN2O/c1-13-8-9-19-16(11-13)17(12-14(2)23-19)21(25)24-10-4-6-15-5-3-7-18(22)20(15)24/h3,5,7-9,11-12H,4,6,10H2,1-2H3. The third kappa shape index (κ3) is 2.68. The van der Waals surface area contributed by atoms with Crippen molar-refractivity contribution in [2.24, 2.45) is 0 Å². The van der Waals surface area contributed by atoms with E-state index >= 15 is 0 Å². The van der Waals surface area contributed by atoms with E-state index < -0.39 is 0 Å². The van der Waals surface area contributed by atoms with Crippen LogP contribution in [-0.4, -0.2) is 17.4 Å². The topological polar surface area (TPSA) is 33.2 Å². The summed E-state index contributed by atoms with van der Waals surface area (Å²) in [6.07, 6.45) is 1.63. The van der Waals surface area contributed by atoms with Crippen molar-refractivity contribution in [3.05, 3.63) is 70.7 Å². The highest BCUT2D eigenvalue weighted by Crippen LogP contribution is 2.32. The Kier molecular flexibility index (Phi) is 3.75. The first-order chi connectivity index (χ1) is 12.0. The number of para-hydroxylation sites is 1. The molecule has 0 fully saturated rings. The Balaban J connectivity index is 1.89. The molecule has 3 aromatic rings. The molecule has 0 spiro atoms. The molecule has 0 saturated carbocycles. The number of aryl methyl sites for hydroxylation is 3. The Morgan fingerprint density at radius 1 is 1.16 bits per heavy atom. The maximum Gasteiger partial charge on any atom is 0.259 e. The zero-order valence-electron chi connectivity index (χ0n) is 14.3. The van der Waals surface area contributed by atoms with Crippen LogP contribution in [0.5, 0.6) is 0 Å². The molecule has 1 amide bonds. The summed E-state index contributed by atoms with van der Waals surface area (Å²) < 4.78 is 14.4. The first kappa shape index (κ1) is 15.8. The number of hydrogen-bond acceptors (Lipinski definition) is 2. The van der Waals surface area contributed by atoms with E-state index in [1.54, 1.807) is 17.0 Å². The molecule has 3 nitrogen and oxygen atoms in total. The van der Waals surface area contributed by atoms with E-state index in [0.29, 0.717) is 17.8 Å². The first-order valence-corrected chi connectivity index (χ1v) is 8.52. The molecule has 2 aromatic carbocycles. The summed E-state index contributed by atoms with van der Waals surface area (Å²) in [7, 11) is 0. The number of benzene rings is 2. The largest absolute Gasteiger partial charge is 0.305 e. The average molecular weight is 334 g/mol. The lowest BCUT2D eigenvalue weighted by atomic mass is 9.99. The minimum Gasteiger partial charge on any atom is -0.305 e. The van der Waals surface area contributed by atoms with E-state index in [9.17, 15) is 9.18 Å². The van der Waals surface area contributed by atoms with Crippen molar-refractivity contribution in [1.82, 2.24) is 4.98 Å². The quantitative estimate of drug-likeness (QED) is 0.652. The fourth-order valence-electron chi connectivity index (χ4n) is 3.60. The fraction of sp³-hybridized carbons (Fsp3) is 0.238. The van der Waals surface area contributed by atoms with Crippen LogP contribution in [-0.2, 0) is 6.42 Å². The number of pyridine rings is 1. The van der Waals surface area contributed by atoms with Crippen LogP contribution in [0.2, 0.25) is 0 Å². The molecule has 1 aliphatic heterocycles.